The number of hydrogen-bond acceptors (Lipinski definition) is 5. The first-order valence-electron chi connectivity index (χ1n) is 8.21. The van der Waals surface area contributed by atoms with E-state index in [0.29, 0.717) is 24.3 Å². The van der Waals surface area contributed by atoms with Crippen LogP contribution in [0, 0.1) is 6.92 Å². The summed E-state index contributed by atoms with van der Waals surface area (Å²) in [5.41, 5.74) is 1.23. The highest BCUT2D eigenvalue weighted by atomic mass is 32.2. The molecule has 24 heavy (non-hydrogen) atoms. The zero-order valence-electron chi connectivity index (χ0n) is 13.7. The molecular weight excluding hydrogens is 346 g/mol. The molecule has 0 aromatic heterocycles. The SMILES string of the molecule is Cc1ccc(NC(=O)C2CSCN2)cc1S(=O)(=O)N1CCCCC1. The van der Waals surface area contributed by atoms with Crippen LogP contribution < -0.4 is 10.6 Å². The largest absolute Gasteiger partial charge is 0.325 e. The van der Waals surface area contributed by atoms with E-state index in [1.54, 1.807) is 41.2 Å². The topological polar surface area (TPSA) is 78.5 Å². The molecule has 0 radical (unpaired) electrons. The van der Waals surface area contributed by atoms with Crippen molar-refractivity contribution in [3.8, 4) is 0 Å². The Balaban J connectivity index is 1.81. The van der Waals surface area contributed by atoms with E-state index in [4.69, 9.17) is 0 Å². The van der Waals surface area contributed by atoms with Crippen molar-refractivity contribution >= 4 is 33.4 Å². The van der Waals surface area contributed by atoms with Crippen LogP contribution >= 0.6 is 11.8 Å². The zero-order valence-corrected chi connectivity index (χ0v) is 15.4. The Morgan fingerprint density at radius 1 is 1.29 bits per heavy atom. The van der Waals surface area contributed by atoms with Crippen molar-refractivity contribution in [2.24, 2.45) is 0 Å². The maximum Gasteiger partial charge on any atom is 0.243 e. The lowest BCUT2D eigenvalue weighted by atomic mass is 10.2. The molecule has 1 unspecified atom stereocenters. The van der Waals surface area contributed by atoms with Gasteiger partial charge in [0.1, 0.15) is 0 Å². The van der Waals surface area contributed by atoms with Gasteiger partial charge in [-0.05, 0) is 37.5 Å². The molecule has 0 saturated carbocycles. The first-order valence-corrected chi connectivity index (χ1v) is 10.8. The van der Waals surface area contributed by atoms with Crippen molar-refractivity contribution in [3.05, 3.63) is 23.8 Å². The Hall–Kier alpha value is -1.09. The summed E-state index contributed by atoms with van der Waals surface area (Å²) in [6.07, 6.45) is 2.88. The molecule has 8 heteroatoms. The molecule has 1 atom stereocenters. The fourth-order valence-electron chi connectivity index (χ4n) is 2.99. The van der Waals surface area contributed by atoms with Gasteiger partial charge in [0.25, 0.3) is 0 Å². The number of sulfonamides is 1. The molecule has 0 spiro atoms. The third-order valence-electron chi connectivity index (χ3n) is 4.42. The maximum absolute atomic E-state index is 12.9. The number of benzene rings is 1. The van der Waals surface area contributed by atoms with Gasteiger partial charge in [-0.1, -0.05) is 12.5 Å². The van der Waals surface area contributed by atoms with Crippen molar-refractivity contribution in [1.82, 2.24) is 9.62 Å². The predicted octanol–water partition coefficient (Wildman–Crippen LogP) is 1.77. The number of hydrogen-bond donors (Lipinski definition) is 2. The lowest BCUT2D eigenvalue weighted by Crippen LogP contribution is -2.37. The Bertz CT molecular complexity index is 709. The Morgan fingerprint density at radius 3 is 2.71 bits per heavy atom. The van der Waals surface area contributed by atoms with E-state index in [1.807, 2.05) is 0 Å². The normalized spacial score (nSPS) is 22.5. The van der Waals surface area contributed by atoms with Gasteiger partial charge in [0, 0.05) is 30.4 Å². The third kappa shape index (κ3) is 3.77. The second-order valence-corrected chi connectivity index (χ2v) is 9.14. The highest BCUT2D eigenvalue weighted by molar-refractivity contribution is 7.99. The number of rotatable bonds is 4. The van der Waals surface area contributed by atoms with E-state index in [0.717, 1.165) is 30.9 Å². The standard InChI is InChI=1S/C16H23N3O3S2/c1-12-5-6-13(18-16(20)14-10-23-11-17-14)9-15(12)24(21,22)19-7-3-2-4-8-19/h5-6,9,14,17H,2-4,7-8,10-11H2,1H3,(H,18,20). The minimum Gasteiger partial charge on any atom is -0.325 e. The molecule has 2 aliphatic heterocycles. The molecule has 6 nitrogen and oxygen atoms in total. The second kappa shape index (κ2) is 7.43. The van der Waals surface area contributed by atoms with Crippen molar-refractivity contribution in [2.45, 2.75) is 37.1 Å². The zero-order chi connectivity index (χ0) is 17.2. The molecule has 2 fully saturated rings. The predicted molar refractivity (Wildman–Crippen MR) is 96.7 cm³/mol. The minimum atomic E-state index is -3.51. The smallest absolute Gasteiger partial charge is 0.243 e. The van der Waals surface area contributed by atoms with Crippen LogP contribution in [0.3, 0.4) is 0 Å². The van der Waals surface area contributed by atoms with E-state index < -0.39 is 10.0 Å². The van der Waals surface area contributed by atoms with Gasteiger partial charge in [-0.3, -0.25) is 10.1 Å². The summed E-state index contributed by atoms with van der Waals surface area (Å²) >= 11 is 1.68. The van der Waals surface area contributed by atoms with Crippen LogP contribution in [0.2, 0.25) is 0 Å². The highest BCUT2D eigenvalue weighted by Crippen LogP contribution is 2.26. The average molecular weight is 370 g/mol. The molecule has 1 aromatic rings. The molecule has 2 N–H and O–H groups in total. The molecule has 2 saturated heterocycles. The number of aryl methyl sites for hydroxylation is 1. The summed E-state index contributed by atoms with van der Waals surface area (Å²) in [7, 11) is -3.51. The van der Waals surface area contributed by atoms with E-state index in [9.17, 15) is 13.2 Å². The molecule has 2 aliphatic rings. The Labute approximate surface area is 147 Å². The highest BCUT2D eigenvalue weighted by Gasteiger charge is 2.28. The van der Waals surface area contributed by atoms with Crippen molar-refractivity contribution in [3.63, 3.8) is 0 Å². The molecule has 1 aromatic carbocycles. The van der Waals surface area contributed by atoms with E-state index in [1.165, 1.54) is 0 Å². The third-order valence-corrected chi connectivity index (χ3v) is 7.40. The van der Waals surface area contributed by atoms with Gasteiger partial charge in [-0.2, -0.15) is 4.31 Å². The summed E-state index contributed by atoms with van der Waals surface area (Å²) < 4.78 is 27.4. The van der Waals surface area contributed by atoms with Crippen LogP contribution in [0.15, 0.2) is 23.1 Å². The second-order valence-electron chi connectivity index (χ2n) is 6.21. The summed E-state index contributed by atoms with van der Waals surface area (Å²) in [4.78, 5) is 12.5. The number of carbonyl (C=O) groups excluding carboxylic acids is 1. The van der Waals surface area contributed by atoms with Gasteiger partial charge in [-0.15, -0.1) is 11.8 Å². The van der Waals surface area contributed by atoms with Crippen molar-refractivity contribution in [2.75, 3.05) is 30.0 Å². The summed E-state index contributed by atoms with van der Waals surface area (Å²) in [6, 6.07) is 4.87. The van der Waals surface area contributed by atoms with E-state index >= 15 is 0 Å². The van der Waals surface area contributed by atoms with Gasteiger partial charge < -0.3 is 5.32 Å². The fraction of sp³-hybridized carbons (Fsp3) is 0.562. The number of piperidine rings is 1. The number of nitrogens with zero attached hydrogens (tertiary/aromatic N) is 1. The molecule has 0 aliphatic carbocycles. The van der Waals surface area contributed by atoms with Gasteiger partial charge in [-0.25, -0.2) is 8.42 Å². The molecule has 2 heterocycles. The molecule has 3 rings (SSSR count). The lowest BCUT2D eigenvalue weighted by molar-refractivity contribution is -0.117. The fourth-order valence-corrected chi connectivity index (χ4v) is 5.70. The molecular formula is C16H23N3O3S2. The Kier molecular flexibility index (Phi) is 5.49. The lowest BCUT2D eigenvalue weighted by Gasteiger charge is -2.26. The molecule has 132 valence electrons. The van der Waals surface area contributed by atoms with Crippen LogP contribution in [0.1, 0.15) is 24.8 Å². The number of amides is 1. The van der Waals surface area contributed by atoms with Gasteiger partial charge >= 0.3 is 0 Å². The monoisotopic (exact) mass is 369 g/mol. The van der Waals surface area contributed by atoms with Crippen molar-refractivity contribution in [1.29, 1.82) is 0 Å². The van der Waals surface area contributed by atoms with Crippen LogP contribution in [-0.4, -0.2) is 49.4 Å². The number of nitrogens with one attached hydrogen (secondary N) is 2. The number of carbonyl (C=O) groups is 1. The summed E-state index contributed by atoms with van der Waals surface area (Å²) in [6.45, 7) is 2.93. The maximum atomic E-state index is 12.9. The first kappa shape index (κ1) is 17.7. The van der Waals surface area contributed by atoms with Gasteiger partial charge in [0.15, 0.2) is 0 Å². The Morgan fingerprint density at radius 2 is 2.04 bits per heavy atom. The van der Waals surface area contributed by atoms with Crippen LogP contribution in [-0.2, 0) is 14.8 Å². The van der Waals surface area contributed by atoms with Gasteiger partial charge in [0.2, 0.25) is 15.9 Å². The van der Waals surface area contributed by atoms with Crippen molar-refractivity contribution < 1.29 is 13.2 Å². The van der Waals surface area contributed by atoms with E-state index in [-0.39, 0.29) is 16.8 Å². The van der Waals surface area contributed by atoms with Crippen LogP contribution in [0.5, 0.6) is 0 Å². The number of anilines is 1. The molecule has 1 amide bonds. The first-order chi connectivity index (χ1) is 11.5. The van der Waals surface area contributed by atoms with Gasteiger partial charge in [0.05, 0.1) is 10.9 Å². The summed E-state index contributed by atoms with van der Waals surface area (Å²) in [5.74, 6) is 1.38. The number of thioether (sulfide) groups is 1. The summed E-state index contributed by atoms with van der Waals surface area (Å²) in [5, 5.41) is 5.94. The van der Waals surface area contributed by atoms with E-state index in [2.05, 4.69) is 10.6 Å². The quantitative estimate of drug-likeness (QED) is 0.846. The van der Waals surface area contributed by atoms with Crippen LogP contribution in [0.25, 0.3) is 0 Å². The molecule has 0 bridgehead atoms. The average Bonchev–Trinajstić information content (AvgIpc) is 3.12. The minimum absolute atomic E-state index is 0.120. The van der Waals surface area contributed by atoms with Crippen LogP contribution in [0.4, 0.5) is 5.69 Å².